The second-order valence-corrected chi connectivity index (χ2v) is 4.02. The van der Waals surface area contributed by atoms with Gasteiger partial charge in [-0.1, -0.05) is 6.07 Å². The summed E-state index contributed by atoms with van der Waals surface area (Å²) in [5.74, 6) is 0.947. The number of phenols is 1. The van der Waals surface area contributed by atoms with Crippen molar-refractivity contribution in [2.45, 2.75) is 13.8 Å². The van der Waals surface area contributed by atoms with Crippen molar-refractivity contribution in [3.8, 4) is 5.75 Å². The van der Waals surface area contributed by atoms with Crippen LogP contribution in [0.3, 0.4) is 0 Å². The zero-order valence-corrected chi connectivity index (χ0v) is 9.11. The number of hydrogen-bond acceptors (Lipinski definition) is 3. The number of aromatic nitrogens is 1. The Morgan fingerprint density at radius 2 is 2.00 bits per heavy atom. The zero-order chi connectivity index (χ0) is 11.3. The highest BCUT2D eigenvalue weighted by Gasteiger charge is 2.11. The van der Waals surface area contributed by atoms with Gasteiger partial charge in [-0.05, 0) is 32.0 Å². The molecule has 0 unspecified atom stereocenters. The van der Waals surface area contributed by atoms with E-state index < -0.39 is 0 Å². The van der Waals surface area contributed by atoms with E-state index in [1.54, 1.807) is 6.07 Å². The lowest BCUT2D eigenvalue weighted by atomic mass is 10.1. The van der Waals surface area contributed by atoms with E-state index in [2.05, 4.69) is 4.98 Å². The fourth-order valence-corrected chi connectivity index (χ4v) is 1.99. The van der Waals surface area contributed by atoms with Crippen LogP contribution in [0.2, 0.25) is 0 Å². The van der Waals surface area contributed by atoms with Crippen LogP contribution in [-0.4, -0.2) is 10.1 Å². The van der Waals surface area contributed by atoms with Crippen molar-refractivity contribution in [1.82, 2.24) is 4.98 Å². The maximum atomic E-state index is 9.83. The molecular weight excluding hydrogens is 202 g/mol. The lowest BCUT2D eigenvalue weighted by Gasteiger charge is -2.01. The lowest BCUT2D eigenvalue weighted by molar-refractivity contribution is 0.462. The Morgan fingerprint density at radius 1 is 1.19 bits per heavy atom. The molecule has 16 heavy (non-hydrogen) atoms. The molecule has 0 atom stereocenters. The standard InChI is InChI=1S/C13H11NO2/c1-7-3-4-9-6-11(15)13-10(12(9)14-7)5-8(2)16-13/h3-6,15H,1-2H3. The minimum Gasteiger partial charge on any atom is -0.504 e. The summed E-state index contributed by atoms with van der Waals surface area (Å²) in [7, 11) is 0. The van der Waals surface area contributed by atoms with Crippen molar-refractivity contribution >= 4 is 21.9 Å². The molecule has 1 aromatic carbocycles. The first-order valence-corrected chi connectivity index (χ1v) is 5.14. The minimum absolute atomic E-state index is 0.168. The number of fused-ring (bicyclic) bond motifs is 3. The van der Waals surface area contributed by atoms with Crippen molar-refractivity contribution in [3.63, 3.8) is 0 Å². The fourth-order valence-electron chi connectivity index (χ4n) is 1.99. The monoisotopic (exact) mass is 213 g/mol. The number of aromatic hydroxyl groups is 1. The molecule has 0 aliphatic rings. The highest BCUT2D eigenvalue weighted by atomic mass is 16.4. The molecule has 0 saturated carbocycles. The van der Waals surface area contributed by atoms with Crippen molar-refractivity contribution in [2.24, 2.45) is 0 Å². The van der Waals surface area contributed by atoms with Crippen LogP contribution in [0, 0.1) is 13.8 Å². The molecule has 0 aliphatic heterocycles. The van der Waals surface area contributed by atoms with Gasteiger partial charge >= 0.3 is 0 Å². The number of pyridine rings is 1. The first kappa shape index (κ1) is 9.21. The van der Waals surface area contributed by atoms with E-state index >= 15 is 0 Å². The van der Waals surface area contributed by atoms with Gasteiger partial charge in [0.05, 0.1) is 10.9 Å². The molecule has 80 valence electrons. The van der Waals surface area contributed by atoms with E-state index in [0.29, 0.717) is 5.58 Å². The molecule has 0 fully saturated rings. The van der Waals surface area contributed by atoms with Gasteiger partial charge in [0.2, 0.25) is 0 Å². The minimum atomic E-state index is 0.168. The first-order valence-electron chi connectivity index (χ1n) is 5.14. The number of rotatable bonds is 0. The molecule has 3 aromatic rings. The Labute approximate surface area is 92.3 Å². The van der Waals surface area contributed by atoms with Crippen LogP contribution >= 0.6 is 0 Å². The zero-order valence-electron chi connectivity index (χ0n) is 9.11. The number of benzene rings is 1. The summed E-state index contributed by atoms with van der Waals surface area (Å²) in [4.78, 5) is 4.49. The Bertz CT molecular complexity index is 698. The van der Waals surface area contributed by atoms with E-state index in [4.69, 9.17) is 4.42 Å². The molecule has 0 saturated heterocycles. The summed E-state index contributed by atoms with van der Waals surface area (Å²) in [6.45, 7) is 3.81. The summed E-state index contributed by atoms with van der Waals surface area (Å²) < 4.78 is 5.46. The molecular formula is C13H11NO2. The number of phenolic OH excluding ortho intramolecular Hbond substituents is 1. The molecule has 0 amide bonds. The Morgan fingerprint density at radius 3 is 2.81 bits per heavy atom. The van der Waals surface area contributed by atoms with Crippen molar-refractivity contribution < 1.29 is 9.52 Å². The SMILES string of the molecule is Cc1ccc2cc(O)c3oc(C)cc3c2n1. The molecule has 0 spiro atoms. The normalized spacial score (nSPS) is 11.4. The third-order valence-corrected chi connectivity index (χ3v) is 2.70. The van der Waals surface area contributed by atoms with Gasteiger partial charge in [-0.3, -0.25) is 4.98 Å². The van der Waals surface area contributed by atoms with Crippen LogP contribution < -0.4 is 0 Å². The third kappa shape index (κ3) is 1.18. The highest BCUT2D eigenvalue weighted by Crippen LogP contribution is 2.33. The molecule has 0 bridgehead atoms. The summed E-state index contributed by atoms with van der Waals surface area (Å²) in [6, 6.07) is 7.48. The van der Waals surface area contributed by atoms with Gasteiger partial charge in [-0.25, -0.2) is 0 Å². The second-order valence-electron chi connectivity index (χ2n) is 4.02. The maximum Gasteiger partial charge on any atom is 0.178 e. The number of hydrogen-bond donors (Lipinski definition) is 1. The van der Waals surface area contributed by atoms with Crippen molar-refractivity contribution in [3.05, 3.63) is 35.7 Å². The highest BCUT2D eigenvalue weighted by molar-refractivity contribution is 6.06. The van der Waals surface area contributed by atoms with Crippen LogP contribution in [0.4, 0.5) is 0 Å². The Balaban J connectivity index is 2.59. The quantitative estimate of drug-likeness (QED) is 0.623. The largest absolute Gasteiger partial charge is 0.504 e. The van der Waals surface area contributed by atoms with Gasteiger partial charge < -0.3 is 9.52 Å². The molecule has 3 rings (SSSR count). The van der Waals surface area contributed by atoms with Crippen LogP contribution in [-0.2, 0) is 0 Å². The van der Waals surface area contributed by atoms with Gasteiger partial charge in [-0.2, -0.15) is 0 Å². The predicted molar refractivity (Wildman–Crippen MR) is 62.7 cm³/mol. The van der Waals surface area contributed by atoms with Crippen LogP contribution in [0.25, 0.3) is 21.9 Å². The first-order chi connectivity index (χ1) is 7.65. The van der Waals surface area contributed by atoms with Gasteiger partial charge in [0.1, 0.15) is 5.76 Å². The molecule has 3 heteroatoms. The van der Waals surface area contributed by atoms with Crippen molar-refractivity contribution in [1.29, 1.82) is 0 Å². The number of nitrogens with zero attached hydrogens (tertiary/aromatic N) is 1. The van der Waals surface area contributed by atoms with E-state index in [-0.39, 0.29) is 5.75 Å². The van der Waals surface area contributed by atoms with E-state index in [9.17, 15) is 5.11 Å². The molecule has 0 aliphatic carbocycles. The van der Waals surface area contributed by atoms with Gasteiger partial charge in [0.15, 0.2) is 11.3 Å². The number of aryl methyl sites for hydroxylation is 2. The smallest absolute Gasteiger partial charge is 0.178 e. The Kier molecular flexibility index (Phi) is 1.72. The third-order valence-electron chi connectivity index (χ3n) is 2.70. The van der Waals surface area contributed by atoms with Crippen LogP contribution in [0.1, 0.15) is 11.5 Å². The molecule has 2 heterocycles. The summed E-state index contributed by atoms with van der Waals surface area (Å²) >= 11 is 0. The fraction of sp³-hybridized carbons (Fsp3) is 0.154. The van der Waals surface area contributed by atoms with E-state index in [0.717, 1.165) is 27.7 Å². The average Bonchev–Trinajstić information content (AvgIpc) is 2.62. The molecule has 3 nitrogen and oxygen atoms in total. The predicted octanol–water partition coefficient (Wildman–Crippen LogP) is 3.30. The van der Waals surface area contributed by atoms with E-state index in [1.165, 1.54) is 0 Å². The van der Waals surface area contributed by atoms with Gasteiger partial charge in [-0.15, -0.1) is 0 Å². The number of furan rings is 1. The van der Waals surface area contributed by atoms with Crippen molar-refractivity contribution in [2.75, 3.05) is 0 Å². The summed E-state index contributed by atoms with van der Waals surface area (Å²) in [5, 5.41) is 11.6. The molecule has 1 N–H and O–H groups in total. The Hall–Kier alpha value is -2.03. The van der Waals surface area contributed by atoms with E-state index in [1.807, 2.05) is 32.0 Å². The summed E-state index contributed by atoms with van der Waals surface area (Å²) in [5.41, 5.74) is 2.35. The molecule has 2 aromatic heterocycles. The average molecular weight is 213 g/mol. The lowest BCUT2D eigenvalue weighted by Crippen LogP contribution is -1.83. The maximum absolute atomic E-state index is 9.83. The van der Waals surface area contributed by atoms with Gasteiger partial charge in [0, 0.05) is 11.1 Å². The van der Waals surface area contributed by atoms with Crippen LogP contribution in [0.5, 0.6) is 5.75 Å². The molecule has 0 radical (unpaired) electrons. The second kappa shape index (κ2) is 2.98. The van der Waals surface area contributed by atoms with Crippen LogP contribution in [0.15, 0.2) is 28.7 Å². The summed E-state index contributed by atoms with van der Waals surface area (Å²) in [6.07, 6.45) is 0. The van der Waals surface area contributed by atoms with Gasteiger partial charge in [0.25, 0.3) is 0 Å². The topological polar surface area (TPSA) is 46.3 Å².